The van der Waals surface area contributed by atoms with Crippen LogP contribution in [-0.4, -0.2) is 11.9 Å². The number of hydrogen-bond acceptors (Lipinski definition) is 2. The fourth-order valence-electron chi connectivity index (χ4n) is 1.85. The maximum absolute atomic E-state index is 12.8. The van der Waals surface area contributed by atoms with Gasteiger partial charge in [-0.2, -0.15) is 13.2 Å². The van der Waals surface area contributed by atoms with Gasteiger partial charge in [0.15, 0.2) is 0 Å². The Morgan fingerprint density at radius 1 is 0.957 bits per heavy atom. The first-order chi connectivity index (χ1) is 10.8. The van der Waals surface area contributed by atoms with E-state index in [0.29, 0.717) is 5.69 Å². The normalized spacial score (nSPS) is 12.6. The van der Waals surface area contributed by atoms with Gasteiger partial charge in [0, 0.05) is 11.4 Å². The lowest BCUT2D eigenvalue weighted by Crippen LogP contribution is -2.31. The van der Waals surface area contributed by atoms with Crippen LogP contribution in [0.3, 0.4) is 0 Å². The predicted molar refractivity (Wildman–Crippen MR) is 79.6 cm³/mol. The minimum Gasteiger partial charge on any atom is -0.374 e. The van der Waals surface area contributed by atoms with Crippen molar-refractivity contribution in [1.29, 1.82) is 0 Å². The fourth-order valence-corrected chi connectivity index (χ4v) is 1.85. The van der Waals surface area contributed by atoms with Crippen LogP contribution < -0.4 is 10.6 Å². The molecule has 0 saturated carbocycles. The van der Waals surface area contributed by atoms with Gasteiger partial charge in [0.2, 0.25) is 5.91 Å². The molecule has 7 heteroatoms. The summed E-state index contributed by atoms with van der Waals surface area (Å²) in [5, 5.41) is 5.38. The summed E-state index contributed by atoms with van der Waals surface area (Å²) >= 11 is 0. The van der Waals surface area contributed by atoms with Crippen LogP contribution in [0, 0.1) is 5.82 Å². The highest BCUT2D eigenvalue weighted by atomic mass is 19.4. The van der Waals surface area contributed by atoms with Crippen LogP contribution in [0.25, 0.3) is 0 Å². The maximum Gasteiger partial charge on any atom is 0.416 e. The van der Waals surface area contributed by atoms with Gasteiger partial charge in [-0.25, -0.2) is 4.39 Å². The van der Waals surface area contributed by atoms with E-state index in [1.54, 1.807) is 6.92 Å². The number of nitrogens with one attached hydrogen (secondary N) is 2. The number of hydrogen-bond donors (Lipinski definition) is 2. The number of halogens is 4. The lowest BCUT2D eigenvalue weighted by molar-refractivity contribution is -0.137. The summed E-state index contributed by atoms with van der Waals surface area (Å²) in [4.78, 5) is 12.0. The third-order valence-corrected chi connectivity index (χ3v) is 3.10. The van der Waals surface area contributed by atoms with Crippen molar-refractivity contribution in [3.8, 4) is 0 Å². The molecular formula is C16H14F4N2O. The summed E-state index contributed by atoms with van der Waals surface area (Å²) in [6, 6.07) is 8.99. The van der Waals surface area contributed by atoms with Crippen molar-refractivity contribution in [3.63, 3.8) is 0 Å². The standard InChI is InChI=1S/C16H14F4N2O/c1-10(21-13-8-4-12(17)5-9-13)15(23)22-14-6-2-11(3-7-14)16(18,19)20/h2-10,21H,1H3,(H,22,23)/t10-/m1/s1. The van der Waals surface area contributed by atoms with Crippen LogP contribution in [0.2, 0.25) is 0 Å². The van der Waals surface area contributed by atoms with Crippen LogP contribution in [0.15, 0.2) is 48.5 Å². The molecule has 0 radical (unpaired) electrons. The van der Waals surface area contributed by atoms with Gasteiger partial charge in [-0.05, 0) is 55.5 Å². The van der Waals surface area contributed by atoms with Gasteiger partial charge in [0.1, 0.15) is 11.9 Å². The largest absolute Gasteiger partial charge is 0.416 e. The molecule has 0 aliphatic heterocycles. The third kappa shape index (κ3) is 4.70. The van der Waals surface area contributed by atoms with Gasteiger partial charge >= 0.3 is 6.18 Å². The van der Waals surface area contributed by atoms with E-state index in [2.05, 4.69) is 10.6 Å². The van der Waals surface area contributed by atoms with E-state index in [1.165, 1.54) is 36.4 Å². The molecule has 0 aliphatic rings. The predicted octanol–water partition coefficient (Wildman–Crippen LogP) is 4.28. The summed E-state index contributed by atoms with van der Waals surface area (Å²) in [6.45, 7) is 1.59. The zero-order valence-electron chi connectivity index (χ0n) is 12.1. The first kappa shape index (κ1) is 16.8. The van der Waals surface area contributed by atoms with Crippen molar-refractivity contribution in [3.05, 3.63) is 59.9 Å². The Bertz CT molecular complexity index is 666. The van der Waals surface area contributed by atoms with E-state index in [9.17, 15) is 22.4 Å². The molecule has 2 N–H and O–H groups in total. The molecule has 3 nitrogen and oxygen atoms in total. The van der Waals surface area contributed by atoms with E-state index < -0.39 is 29.5 Å². The number of benzene rings is 2. The fraction of sp³-hybridized carbons (Fsp3) is 0.188. The number of amides is 1. The molecular weight excluding hydrogens is 312 g/mol. The van der Waals surface area contributed by atoms with Crippen LogP contribution >= 0.6 is 0 Å². The van der Waals surface area contributed by atoms with Crippen molar-refractivity contribution >= 4 is 17.3 Å². The topological polar surface area (TPSA) is 41.1 Å². The lowest BCUT2D eigenvalue weighted by atomic mass is 10.2. The highest BCUT2D eigenvalue weighted by Gasteiger charge is 2.30. The second-order valence-corrected chi connectivity index (χ2v) is 4.94. The molecule has 2 aromatic rings. The zero-order chi connectivity index (χ0) is 17.0. The first-order valence-electron chi connectivity index (χ1n) is 6.76. The second-order valence-electron chi connectivity index (χ2n) is 4.94. The monoisotopic (exact) mass is 326 g/mol. The van der Waals surface area contributed by atoms with Gasteiger partial charge in [-0.15, -0.1) is 0 Å². The van der Waals surface area contributed by atoms with Crippen molar-refractivity contribution in [1.82, 2.24) is 0 Å². The molecule has 2 aromatic carbocycles. The van der Waals surface area contributed by atoms with Crippen LogP contribution in [0.1, 0.15) is 12.5 Å². The summed E-state index contributed by atoms with van der Waals surface area (Å²) in [5.74, 6) is -0.813. The molecule has 122 valence electrons. The number of carbonyl (C=O) groups excluding carboxylic acids is 1. The highest BCUT2D eigenvalue weighted by molar-refractivity contribution is 5.96. The zero-order valence-corrected chi connectivity index (χ0v) is 12.1. The molecule has 2 rings (SSSR count). The Morgan fingerprint density at radius 3 is 2.00 bits per heavy atom. The van der Waals surface area contributed by atoms with E-state index in [0.717, 1.165) is 12.1 Å². The minimum absolute atomic E-state index is 0.260. The Balaban J connectivity index is 1.96. The first-order valence-corrected chi connectivity index (χ1v) is 6.76. The second kappa shape index (κ2) is 6.68. The van der Waals surface area contributed by atoms with Crippen LogP contribution in [-0.2, 0) is 11.0 Å². The summed E-state index contributed by atoms with van der Waals surface area (Å²) < 4.78 is 50.2. The summed E-state index contributed by atoms with van der Waals surface area (Å²) in [7, 11) is 0. The molecule has 23 heavy (non-hydrogen) atoms. The van der Waals surface area contributed by atoms with Gasteiger partial charge < -0.3 is 10.6 Å². The summed E-state index contributed by atoms with van der Waals surface area (Å²) in [5.41, 5.74) is 0.0326. The Morgan fingerprint density at radius 2 is 1.48 bits per heavy atom. The quantitative estimate of drug-likeness (QED) is 0.823. The highest BCUT2D eigenvalue weighted by Crippen LogP contribution is 2.29. The Hall–Kier alpha value is -2.57. The van der Waals surface area contributed by atoms with Crippen LogP contribution in [0.4, 0.5) is 28.9 Å². The van der Waals surface area contributed by atoms with Crippen molar-refractivity contribution < 1.29 is 22.4 Å². The van der Waals surface area contributed by atoms with Gasteiger partial charge in [-0.1, -0.05) is 0 Å². The number of rotatable bonds is 4. The molecule has 0 saturated heterocycles. The number of alkyl halides is 3. The summed E-state index contributed by atoms with van der Waals surface area (Å²) in [6.07, 6.45) is -4.42. The third-order valence-electron chi connectivity index (χ3n) is 3.10. The average molecular weight is 326 g/mol. The smallest absolute Gasteiger partial charge is 0.374 e. The SMILES string of the molecule is C[C@@H](Nc1ccc(F)cc1)C(=O)Nc1ccc(C(F)(F)F)cc1. The van der Waals surface area contributed by atoms with Crippen molar-refractivity contribution in [2.45, 2.75) is 19.1 Å². The Labute approximate surface area is 130 Å². The minimum atomic E-state index is -4.42. The van der Waals surface area contributed by atoms with Gasteiger partial charge in [0.05, 0.1) is 5.56 Å². The lowest BCUT2D eigenvalue weighted by Gasteiger charge is -2.15. The van der Waals surface area contributed by atoms with Gasteiger partial charge in [-0.3, -0.25) is 4.79 Å². The molecule has 0 aromatic heterocycles. The number of carbonyl (C=O) groups is 1. The maximum atomic E-state index is 12.8. The number of anilines is 2. The van der Waals surface area contributed by atoms with E-state index in [4.69, 9.17) is 0 Å². The molecule has 1 atom stereocenters. The van der Waals surface area contributed by atoms with Crippen LogP contribution in [0.5, 0.6) is 0 Å². The molecule has 1 amide bonds. The molecule has 0 spiro atoms. The van der Waals surface area contributed by atoms with E-state index in [-0.39, 0.29) is 5.69 Å². The average Bonchev–Trinajstić information content (AvgIpc) is 2.49. The molecule has 0 heterocycles. The molecule has 0 aliphatic carbocycles. The van der Waals surface area contributed by atoms with E-state index in [1.807, 2.05) is 0 Å². The molecule has 0 unspecified atom stereocenters. The van der Waals surface area contributed by atoms with E-state index >= 15 is 0 Å². The Kier molecular flexibility index (Phi) is 4.88. The molecule has 0 bridgehead atoms. The van der Waals surface area contributed by atoms with Crippen molar-refractivity contribution in [2.75, 3.05) is 10.6 Å². The van der Waals surface area contributed by atoms with Crippen molar-refractivity contribution in [2.24, 2.45) is 0 Å². The van der Waals surface area contributed by atoms with Gasteiger partial charge in [0.25, 0.3) is 0 Å². The molecule has 0 fully saturated rings.